The molecule has 220 valence electrons. The summed E-state index contributed by atoms with van der Waals surface area (Å²) in [5.74, 6) is -3.53. The summed E-state index contributed by atoms with van der Waals surface area (Å²) < 4.78 is 5.17. The van der Waals surface area contributed by atoms with E-state index >= 15 is 0 Å². The quantitative estimate of drug-likeness (QED) is 0.116. The number of aliphatic hydroxyl groups is 1. The van der Waals surface area contributed by atoms with E-state index in [9.17, 15) is 29.1 Å². The highest BCUT2D eigenvalue weighted by molar-refractivity contribution is 5.99. The molecule has 0 saturated heterocycles. The van der Waals surface area contributed by atoms with E-state index in [-0.39, 0.29) is 25.0 Å². The maximum absolute atomic E-state index is 12.9. The molecule has 0 heterocycles. The zero-order valence-electron chi connectivity index (χ0n) is 23.3. The lowest BCUT2D eigenvalue weighted by Gasteiger charge is -2.24. The Bertz CT molecular complexity index is 1200. The van der Waals surface area contributed by atoms with Gasteiger partial charge in [-0.05, 0) is 56.4 Å². The van der Waals surface area contributed by atoms with Gasteiger partial charge >= 0.3 is 5.97 Å². The standard InChI is InChI=1S/C30H38N4O7/c1-4-5-9-18-41-30(40)24(16-17-25(31)36)33-27(37)19(2)32-29(39)26(20(3)35)34-28(38)23-14-12-22(13-15-23)21-10-7-6-8-11-21/h4,6-8,10-15,19-20,24,26,35H,1,5,9,16-18H2,2-3H3,(H2,31,36)(H,32,39)(H,33,37)(H,34,38)/t19-,20+,24-,26-/m0/s1. The van der Waals surface area contributed by atoms with Crippen LogP contribution in [0.2, 0.25) is 0 Å². The van der Waals surface area contributed by atoms with Gasteiger partial charge in [0.1, 0.15) is 18.1 Å². The zero-order valence-corrected chi connectivity index (χ0v) is 23.3. The van der Waals surface area contributed by atoms with Gasteiger partial charge < -0.3 is 31.5 Å². The van der Waals surface area contributed by atoms with Crippen molar-refractivity contribution in [2.24, 2.45) is 5.73 Å². The molecule has 0 unspecified atom stereocenters. The van der Waals surface area contributed by atoms with Gasteiger partial charge in [-0.25, -0.2) is 4.79 Å². The third kappa shape index (κ3) is 10.9. The number of nitrogens with one attached hydrogen (secondary N) is 3. The van der Waals surface area contributed by atoms with Crippen molar-refractivity contribution in [1.29, 1.82) is 0 Å². The molecular formula is C30H38N4O7. The Hall–Kier alpha value is -4.51. The Morgan fingerprint density at radius 2 is 1.56 bits per heavy atom. The van der Waals surface area contributed by atoms with Crippen LogP contribution in [-0.4, -0.2) is 65.5 Å². The molecule has 0 aliphatic carbocycles. The largest absolute Gasteiger partial charge is 0.464 e. The third-order valence-corrected chi connectivity index (χ3v) is 6.14. The number of hydrogen-bond acceptors (Lipinski definition) is 7. The number of ether oxygens (including phenoxy) is 1. The molecule has 0 aliphatic heterocycles. The van der Waals surface area contributed by atoms with Crippen LogP contribution >= 0.6 is 0 Å². The van der Waals surface area contributed by atoms with E-state index in [2.05, 4.69) is 22.5 Å². The number of benzene rings is 2. The topological polar surface area (TPSA) is 177 Å². The molecule has 0 spiro atoms. The van der Waals surface area contributed by atoms with E-state index < -0.39 is 53.8 Å². The normalized spacial score (nSPS) is 13.5. The number of carbonyl (C=O) groups is 5. The van der Waals surface area contributed by atoms with Gasteiger partial charge in [-0.15, -0.1) is 6.58 Å². The van der Waals surface area contributed by atoms with Crippen LogP contribution in [0.15, 0.2) is 67.3 Å². The molecular weight excluding hydrogens is 528 g/mol. The minimum atomic E-state index is -1.37. The van der Waals surface area contributed by atoms with E-state index in [0.29, 0.717) is 12.8 Å². The van der Waals surface area contributed by atoms with Gasteiger partial charge in [-0.3, -0.25) is 19.2 Å². The number of allylic oxidation sites excluding steroid dienone is 1. The lowest BCUT2D eigenvalue weighted by atomic mass is 10.0. The first-order chi connectivity index (χ1) is 19.5. The number of primary amides is 1. The summed E-state index contributed by atoms with van der Waals surface area (Å²) in [6.07, 6.45) is 1.31. The second-order valence-electron chi connectivity index (χ2n) is 9.53. The first-order valence-corrected chi connectivity index (χ1v) is 13.3. The maximum Gasteiger partial charge on any atom is 0.328 e. The molecule has 0 saturated carbocycles. The van der Waals surface area contributed by atoms with Gasteiger partial charge in [0.05, 0.1) is 12.7 Å². The van der Waals surface area contributed by atoms with Crippen LogP contribution in [0.1, 0.15) is 49.9 Å². The van der Waals surface area contributed by atoms with Crippen molar-refractivity contribution in [1.82, 2.24) is 16.0 Å². The average Bonchev–Trinajstić information content (AvgIpc) is 2.95. The van der Waals surface area contributed by atoms with Crippen molar-refractivity contribution in [2.75, 3.05) is 6.61 Å². The Morgan fingerprint density at radius 3 is 2.15 bits per heavy atom. The van der Waals surface area contributed by atoms with E-state index in [4.69, 9.17) is 10.5 Å². The molecule has 11 heteroatoms. The van der Waals surface area contributed by atoms with Gasteiger partial charge in [-0.2, -0.15) is 0 Å². The first-order valence-electron chi connectivity index (χ1n) is 13.3. The van der Waals surface area contributed by atoms with Crippen molar-refractivity contribution in [2.45, 2.75) is 63.8 Å². The Kier molecular flexibility index (Phi) is 13.2. The summed E-state index contributed by atoms with van der Waals surface area (Å²) >= 11 is 0. The summed E-state index contributed by atoms with van der Waals surface area (Å²) in [6.45, 7) is 6.39. The summed E-state index contributed by atoms with van der Waals surface area (Å²) in [6, 6.07) is 12.7. The fraction of sp³-hybridized carbons (Fsp3) is 0.367. The number of hydrogen-bond donors (Lipinski definition) is 5. The summed E-state index contributed by atoms with van der Waals surface area (Å²) in [5.41, 5.74) is 7.34. The molecule has 4 atom stereocenters. The Balaban J connectivity index is 2.00. The number of aliphatic hydroxyl groups excluding tert-OH is 1. The highest BCUT2D eigenvalue weighted by Gasteiger charge is 2.30. The Morgan fingerprint density at radius 1 is 0.927 bits per heavy atom. The van der Waals surface area contributed by atoms with Gasteiger partial charge in [0.2, 0.25) is 17.7 Å². The van der Waals surface area contributed by atoms with Crippen LogP contribution in [0.3, 0.4) is 0 Å². The molecule has 2 aromatic rings. The fourth-order valence-corrected chi connectivity index (χ4v) is 3.78. The van der Waals surface area contributed by atoms with Crippen molar-refractivity contribution in [3.63, 3.8) is 0 Å². The Labute approximate surface area is 239 Å². The van der Waals surface area contributed by atoms with Crippen molar-refractivity contribution in [3.05, 3.63) is 72.8 Å². The molecule has 2 aromatic carbocycles. The maximum atomic E-state index is 12.9. The van der Waals surface area contributed by atoms with Crippen LogP contribution in [0.25, 0.3) is 11.1 Å². The van der Waals surface area contributed by atoms with E-state index in [1.54, 1.807) is 30.3 Å². The molecule has 11 nitrogen and oxygen atoms in total. The van der Waals surface area contributed by atoms with Gasteiger partial charge in [-0.1, -0.05) is 48.5 Å². The number of esters is 1. The predicted octanol–water partition coefficient (Wildman–Crippen LogP) is 1.60. The second kappa shape index (κ2) is 16.6. The van der Waals surface area contributed by atoms with Crippen LogP contribution in [0, 0.1) is 0 Å². The van der Waals surface area contributed by atoms with Crippen LogP contribution in [0.4, 0.5) is 0 Å². The average molecular weight is 567 g/mol. The fourth-order valence-electron chi connectivity index (χ4n) is 3.78. The summed E-state index contributed by atoms with van der Waals surface area (Å²) in [5, 5.41) is 17.6. The molecule has 0 aromatic heterocycles. The monoisotopic (exact) mass is 566 g/mol. The smallest absolute Gasteiger partial charge is 0.328 e. The molecule has 4 amide bonds. The van der Waals surface area contributed by atoms with Gasteiger partial charge in [0.15, 0.2) is 0 Å². The lowest BCUT2D eigenvalue weighted by Crippen LogP contribution is -2.57. The second-order valence-corrected chi connectivity index (χ2v) is 9.53. The highest BCUT2D eigenvalue weighted by Crippen LogP contribution is 2.19. The van der Waals surface area contributed by atoms with Crippen molar-refractivity contribution < 1.29 is 33.8 Å². The van der Waals surface area contributed by atoms with E-state index in [1.165, 1.54) is 13.8 Å². The molecule has 0 radical (unpaired) electrons. The number of nitrogens with two attached hydrogens (primary N) is 1. The lowest BCUT2D eigenvalue weighted by molar-refractivity contribution is -0.148. The minimum Gasteiger partial charge on any atom is -0.464 e. The van der Waals surface area contributed by atoms with Gasteiger partial charge in [0.25, 0.3) is 5.91 Å². The van der Waals surface area contributed by atoms with E-state index in [0.717, 1.165) is 11.1 Å². The van der Waals surface area contributed by atoms with Gasteiger partial charge in [0, 0.05) is 12.0 Å². The van der Waals surface area contributed by atoms with Crippen LogP contribution < -0.4 is 21.7 Å². The number of carbonyl (C=O) groups excluding carboxylic acids is 5. The van der Waals surface area contributed by atoms with E-state index in [1.807, 2.05) is 30.3 Å². The number of unbranched alkanes of at least 4 members (excludes halogenated alkanes) is 1. The minimum absolute atomic E-state index is 0.0859. The molecule has 2 rings (SSSR count). The molecule has 41 heavy (non-hydrogen) atoms. The first kappa shape index (κ1) is 32.7. The van der Waals surface area contributed by atoms with Crippen molar-refractivity contribution >= 4 is 29.6 Å². The highest BCUT2D eigenvalue weighted by atomic mass is 16.5. The SMILES string of the molecule is C=CCCCOC(=O)[C@H](CCC(N)=O)NC(=O)[C@H](C)NC(=O)[C@@H](NC(=O)c1ccc(-c2ccccc2)cc1)[C@@H](C)O. The third-order valence-electron chi connectivity index (χ3n) is 6.14. The molecule has 0 aliphatic rings. The summed E-state index contributed by atoms with van der Waals surface area (Å²) in [4.78, 5) is 62.2. The zero-order chi connectivity index (χ0) is 30.4. The molecule has 0 bridgehead atoms. The number of rotatable bonds is 16. The molecule has 6 N–H and O–H groups in total. The summed E-state index contributed by atoms with van der Waals surface area (Å²) in [7, 11) is 0. The van der Waals surface area contributed by atoms with Crippen molar-refractivity contribution in [3.8, 4) is 11.1 Å². The van der Waals surface area contributed by atoms with Crippen LogP contribution in [-0.2, 0) is 23.9 Å². The number of amides is 4. The molecule has 0 fully saturated rings. The predicted molar refractivity (Wildman–Crippen MR) is 153 cm³/mol. The van der Waals surface area contributed by atoms with Crippen LogP contribution in [0.5, 0.6) is 0 Å².